The topological polar surface area (TPSA) is 41.6 Å². The fraction of sp³-hybridized carbons (Fsp3) is 0.0909. The molecule has 3 nitrogen and oxygen atoms in total. The van der Waals surface area contributed by atoms with Crippen LogP contribution in [0.4, 0.5) is 0 Å². The van der Waals surface area contributed by atoms with E-state index in [0.29, 0.717) is 6.42 Å². The number of hydrogen-bond donors (Lipinski definition) is 0. The van der Waals surface area contributed by atoms with Crippen molar-refractivity contribution in [3.05, 3.63) is 48.3 Å². The Balaban J connectivity index is 2.43. The third-order valence-corrected chi connectivity index (χ3v) is 1.98. The number of aromatic nitrogens is 2. The van der Waals surface area contributed by atoms with E-state index in [-0.39, 0.29) is 0 Å². The van der Waals surface area contributed by atoms with Gasteiger partial charge in [-0.25, -0.2) is 4.68 Å². The van der Waals surface area contributed by atoms with Crippen LogP contribution in [-0.4, -0.2) is 9.78 Å². The zero-order chi connectivity index (χ0) is 9.80. The lowest BCUT2D eigenvalue weighted by Gasteiger charge is -2.03. The third-order valence-electron chi connectivity index (χ3n) is 1.98. The molecule has 3 heteroatoms. The third kappa shape index (κ3) is 1.50. The zero-order valence-corrected chi connectivity index (χ0v) is 7.59. The smallest absolute Gasteiger partial charge is 0.0776 e. The summed E-state index contributed by atoms with van der Waals surface area (Å²) in [5, 5.41) is 12.8. The van der Waals surface area contributed by atoms with Gasteiger partial charge in [0.1, 0.15) is 0 Å². The Morgan fingerprint density at radius 2 is 2.00 bits per heavy atom. The lowest BCUT2D eigenvalue weighted by molar-refractivity contribution is 0.831. The molecule has 2 rings (SSSR count). The molecule has 0 saturated carbocycles. The molecule has 1 aromatic carbocycles. The van der Waals surface area contributed by atoms with Crippen LogP contribution in [-0.2, 0) is 6.42 Å². The van der Waals surface area contributed by atoms with Gasteiger partial charge in [0.2, 0.25) is 0 Å². The van der Waals surface area contributed by atoms with Crippen molar-refractivity contribution in [3.63, 3.8) is 0 Å². The molecule has 0 amide bonds. The molecule has 2 aromatic rings. The highest BCUT2D eigenvalue weighted by Gasteiger charge is 2.02. The average molecular weight is 183 g/mol. The molecule has 0 unspecified atom stereocenters. The minimum absolute atomic E-state index is 0.384. The molecule has 0 aliphatic rings. The number of benzene rings is 1. The molecule has 1 aromatic heterocycles. The van der Waals surface area contributed by atoms with Gasteiger partial charge >= 0.3 is 0 Å². The quantitative estimate of drug-likeness (QED) is 0.713. The summed E-state index contributed by atoms with van der Waals surface area (Å²) in [6, 6.07) is 13.8. The van der Waals surface area contributed by atoms with Crippen LogP contribution >= 0.6 is 0 Å². The average Bonchev–Trinajstić information content (AvgIpc) is 2.68. The molecule has 68 valence electrons. The van der Waals surface area contributed by atoms with Crippen molar-refractivity contribution >= 4 is 0 Å². The molecule has 0 radical (unpaired) electrons. The largest absolute Gasteiger partial charge is 0.237 e. The highest BCUT2D eigenvalue weighted by Crippen LogP contribution is 2.09. The summed E-state index contributed by atoms with van der Waals surface area (Å²) >= 11 is 0. The Bertz CT molecular complexity index is 451. The van der Waals surface area contributed by atoms with Crippen molar-refractivity contribution in [2.75, 3.05) is 0 Å². The van der Waals surface area contributed by atoms with Gasteiger partial charge in [-0.2, -0.15) is 10.4 Å². The van der Waals surface area contributed by atoms with E-state index in [4.69, 9.17) is 5.26 Å². The molecular weight excluding hydrogens is 174 g/mol. The van der Waals surface area contributed by atoms with Crippen molar-refractivity contribution in [1.82, 2.24) is 9.78 Å². The van der Waals surface area contributed by atoms with Crippen molar-refractivity contribution in [2.45, 2.75) is 6.42 Å². The molecule has 0 spiro atoms. The predicted octanol–water partition coefficient (Wildman–Crippen LogP) is 1.94. The summed E-state index contributed by atoms with van der Waals surface area (Å²) in [6.45, 7) is 0. The lowest BCUT2D eigenvalue weighted by atomic mass is 10.3. The first-order chi connectivity index (χ1) is 6.92. The van der Waals surface area contributed by atoms with Crippen LogP contribution in [0, 0.1) is 11.3 Å². The van der Waals surface area contributed by atoms with Gasteiger partial charge in [0.15, 0.2) is 0 Å². The molecule has 0 bridgehead atoms. The molecule has 1 heterocycles. The SMILES string of the molecule is N#CCc1ccnn1-c1ccccc1. The van der Waals surface area contributed by atoms with E-state index in [1.165, 1.54) is 0 Å². The number of nitrogens with zero attached hydrogens (tertiary/aromatic N) is 3. The molecule has 0 aliphatic carbocycles. The number of rotatable bonds is 2. The van der Waals surface area contributed by atoms with E-state index in [9.17, 15) is 0 Å². The van der Waals surface area contributed by atoms with Gasteiger partial charge in [-0.3, -0.25) is 0 Å². The molecule has 14 heavy (non-hydrogen) atoms. The second kappa shape index (κ2) is 3.75. The number of hydrogen-bond acceptors (Lipinski definition) is 2. The first kappa shape index (κ1) is 8.52. The number of nitriles is 1. The molecule has 0 N–H and O–H groups in total. The van der Waals surface area contributed by atoms with Crippen LogP contribution in [0.25, 0.3) is 5.69 Å². The van der Waals surface area contributed by atoms with E-state index in [2.05, 4.69) is 11.2 Å². The van der Waals surface area contributed by atoms with E-state index >= 15 is 0 Å². The molecule has 0 fully saturated rings. The fourth-order valence-electron chi connectivity index (χ4n) is 1.35. The van der Waals surface area contributed by atoms with Gasteiger partial charge < -0.3 is 0 Å². The number of para-hydroxylation sites is 1. The van der Waals surface area contributed by atoms with Crippen LogP contribution in [0.2, 0.25) is 0 Å². The first-order valence-electron chi connectivity index (χ1n) is 4.37. The van der Waals surface area contributed by atoms with E-state index in [0.717, 1.165) is 11.4 Å². The second-order valence-electron chi connectivity index (χ2n) is 2.90. The van der Waals surface area contributed by atoms with Gasteiger partial charge in [0.05, 0.1) is 23.9 Å². The summed E-state index contributed by atoms with van der Waals surface area (Å²) in [5.74, 6) is 0. The van der Waals surface area contributed by atoms with E-state index in [1.54, 1.807) is 10.9 Å². The van der Waals surface area contributed by atoms with Crippen LogP contribution in [0.1, 0.15) is 5.69 Å². The summed E-state index contributed by atoms with van der Waals surface area (Å²) < 4.78 is 1.78. The molecule has 0 aliphatic heterocycles. The Morgan fingerprint density at radius 3 is 2.71 bits per heavy atom. The van der Waals surface area contributed by atoms with Gasteiger partial charge in [-0.1, -0.05) is 18.2 Å². The van der Waals surface area contributed by atoms with Gasteiger partial charge in [0.25, 0.3) is 0 Å². The molecule has 0 saturated heterocycles. The summed E-state index contributed by atoms with van der Waals surface area (Å²) in [6.07, 6.45) is 2.09. The minimum Gasteiger partial charge on any atom is -0.237 e. The molecular formula is C11H9N3. The maximum Gasteiger partial charge on any atom is 0.0776 e. The Labute approximate surface area is 82.2 Å². The van der Waals surface area contributed by atoms with Crippen LogP contribution < -0.4 is 0 Å². The second-order valence-corrected chi connectivity index (χ2v) is 2.90. The normalized spacial score (nSPS) is 9.64. The van der Waals surface area contributed by atoms with E-state index in [1.807, 2.05) is 36.4 Å². The first-order valence-corrected chi connectivity index (χ1v) is 4.37. The van der Waals surface area contributed by atoms with Crippen molar-refractivity contribution in [1.29, 1.82) is 5.26 Å². The highest BCUT2D eigenvalue weighted by molar-refractivity contribution is 5.32. The van der Waals surface area contributed by atoms with Gasteiger partial charge in [-0.15, -0.1) is 0 Å². The predicted molar refractivity (Wildman–Crippen MR) is 52.9 cm³/mol. The molecule has 0 atom stereocenters. The minimum atomic E-state index is 0.384. The highest BCUT2D eigenvalue weighted by atomic mass is 15.3. The lowest BCUT2D eigenvalue weighted by Crippen LogP contribution is -2.00. The van der Waals surface area contributed by atoms with Crippen molar-refractivity contribution < 1.29 is 0 Å². The van der Waals surface area contributed by atoms with Crippen LogP contribution in [0.5, 0.6) is 0 Å². The summed E-state index contributed by atoms with van der Waals surface area (Å²) in [5.41, 5.74) is 1.90. The van der Waals surface area contributed by atoms with Gasteiger partial charge in [-0.05, 0) is 18.2 Å². The maximum absolute atomic E-state index is 8.62. The Kier molecular flexibility index (Phi) is 2.28. The summed E-state index contributed by atoms with van der Waals surface area (Å²) in [7, 11) is 0. The fourth-order valence-corrected chi connectivity index (χ4v) is 1.35. The Morgan fingerprint density at radius 1 is 1.21 bits per heavy atom. The van der Waals surface area contributed by atoms with Crippen molar-refractivity contribution in [3.8, 4) is 11.8 Å². The van der Waals surface area contributed by atoms with Crippen molar-refractivity contribution in [2.24, 2.45) is 0 Å². The van der Waals surface area contributed by atoms with Gasteiger partial charge in [0, 0.05) is 6.20 Å². The van der Waals surface area contributed by atoms with Crippen LogP contribution in [0.15, 0.2) is 42.6 Å². The van der Waals surface area contributed by atoms with E-state index < -0.39 is 0 Å². The summed E-state index contributed by atoms with van der Waals surface area (Å²) in [4.78, 5) is 0. The monoisotopic (exact) mass is 183 g/mol. The van der Waals surface area contributed by atoms with Crippen LogP contribution in [0.3, 0.4) is 0 Å². The Hall–Kier alpha value is -2.08. The maximum atomic E-state index is 8.62. The standard InChI is InChI=1S/C11H9N3/c12-8-6-11-7-9-13-14(11)10-4-2-1-3-5-10/h1-5,7,9H,6H2. The zero-order valence-electron chi connectivity index (χ0n) is 7.59.